The van der Waals surface area contributed by atoms with Gasteiger partial charge in [-0.05, 0) is 54.8 Å². The van der Waals surface area contributed by atoms with Gasteiger partial charge < -0.3 is 0 Å². The minimum absolute atomic E-state index is 0.167. The van der Waals surface area contributed by atoms with E-state index < -0.39 is 10.0 Å². The number of nitrogens with zero attached hydrogens (tertiary/aromatic N) is 1. The number of halogens is 2. The van der Waals surface area contributed by atoms with Gasteiger partial charge in [0.15, 0.2) is 0 Å². The molecule has 2 aromatic carbocycles. The lowest BCUT2D eigenvalue weighted by Gasteiger charge is -2.24. The SMILES string of the molecule is O=S(=O)(c1ccc(Cl)cc1)N1CCC[C@H]1c1cccc(Cl)c1. The molecule has 0 radical (unpaired) electrons. The van der Waals surface area contributed by atoms with Crippen LogP contribution in [0.3, 0.4) is 0 Å². The van der Waals surface area contributed by atoms with Crippen molar-refractivity contribution in [2.24, 2.45) is 0 Å². The van der Waals surface area contributed by atoms with E-state index in [0.717, 1.165) is 18.4 Å². The Bertz CT molecular complexity index is 775. The van der Waals surface area contributed by atoms with Crippen LogP contribution in [0.25, 0.3) is 0 Å². The molecule has 1 aliphatic rings. The van der Waals surface area contributed by atoms with Gasteiger partial charge in [0.05, 0.1) is 10.9 Å². The van der Waals surface area contributed by atoms with Crippen LogP contribution in [-0.4, -0.2) is 19.3 Å². The zero-order valence-corrected chi connectivity index (χ0v) is 14.1. The van der Waals surface area contributed by atoms with Crippen LogP contribution in [0.15, 0.2) is 53.4 Å². The van der Waals surface area contributed by atoms with E-state index >= 15 is 0 Å². The van der Waals surface area contributed by atoms with Crippen molar-refractivity contribution in [3.63, 3.8) is 0 Å². The molecule has 116 valence electrons. The van der Waals surface area contributed by atoms with Crippen LogP contribution in [-0.2, 0) is 10.0 Å². The Morgan fingerprint density at radius 3 is 2.41 bits per heavy atom. The molecule has 0 bridgehead atoms. The van der Waals surface area contributed by atoms with Crippen LogP contribution >= 0.6 is 23.2 Å². The first kappa shape index (κ1) is 15.8. The lowest BCUT2D eigenvalue weighted by Crippen LogP contribution is -2.30. The first-order chi connectivity index (χ1) is 10.5. The molecule has 3 rings (SSSR count). The van der Waals surface area contributed by atoms with Gasteiger partial charge in [0.25, 0.3) is 0 Å². The summed E-state index contributed by atoms with van der Waals surface area (Å²) in [6.07, 6.45) is 1.64. The van der Waals surface area contributed by atoms with E-state index in [-0.39, 0.29) is 10.9 Å². The van der Waals surface area contributed by atoms with Gasteiger partial charge in [-0.25, -0.2) is 8.42 Å². The molecule has 0 unspecified atom stereocenters. The number of hydrogen-bond donors (Lipinski definition) is 0. The maximum atomic E-state index is 12.9. The summed E-state index contributed by atoms with van der Waals surface area (Å²) in [5.41, 5.74) is 0.933. The molecule has 0 aromatic heterocycles. The van der Waals surface area contributed by atoms with Crippen molar-refractivity contribution >= 4 is 33.2 Å². The maximum absolute atomic E-state index is 12.9. The van der Waals surface area contributed by atoms with Crippen molar-refractivity contribution in [2.75, 3.05) is 6.54 Å². The molecule has 1 heterocycles. The van der Waals surface area contributed by atoms with Crippen molar-refractivity contribution in [2.45, 2.75) is 23.8 Å². The number of sulfonamides is 1. The summed E-state index contributed by atoms with van der Waals surface area (Å²) in [7, 11) is -3.53. The van der Waals surface area contributed by atoms with E-state index in [0.29, 0.717) is 16.6 Å². The third-order valence-corrected chi connectivity index (χ3v) is 6.27. The van der Waals surface area contributed by atoms with Gasteiger partial charge in [0.1, 0.15) is 0 Å². The highest BCUT2D eigenvalue weighted by atomic mass is 35.5. The summed E-state index contributed by atoms with van der Waals surface area (Å²) in [5.74, 6) is 0. The molecule has 0 saturated carbocycles. The van der Waals surface area contributed by atoms with Crippen LogP contribution in [0.4, 0.5) is 0 Å². The standard InChI is InChI=1S/C16H15Cl2NO2S/c17-13-6-8-15(9-7-13)22(20,21)19-10-2-5-16(19)12-3-1-4-14(18)11-12/h1,3-4,6-9,11,16H,2,5,10H2/t16-/m0/s1. The summed E-state index contributed by atoms with van der Waals surface area (Å²) in [5, 5.41) is 1.14. The Kier molecular flexibility index (Phi) is 4.46. The molecule has 3 nitrogen and oxygen atoms in total. The van der Waals surface area contributed by atoms with Gasteiger partial charge >= 0.3 is 0 Å². The molecule has 22 heavy (non-hydrogen) atoms. The Morgan fingerprint density at radius 1 is 1.00 bits per heavy atom. The Hall–Kier alpha value is -1.07. The fraction of sp³-hybridized carbons (Fsp3) is 0.250. The van der Waals surface area contributed by atoms with E-state index in [4.69, 9.17) is 23.2 Å². The Labute approximate surface area is 140 Å². The zero-order valence-electron chi connectivity index (χ0n) is 11.7. The molecule has 6 heteroatoms. The molecule has 1 fully saturated rings. The monoisotopic (exact) mass is 355 g/mol. The third kappa shape index (κ3) is 3.01. The second-order valence-corrected chi connectivity index (χ2v) is 8.05. The van der Waals surface area contributed by atoms with E-state index in [9.17, 15) is 8.42 Å². The normalized spacial score (nSPS) is 19.5. The fourth-order valence-corrected chi connectivity index (χ4v) is 4.82. The molecule has 1 atom stereocenters. The van der Waals surface area contributed by atoms with Crippen LogP contribution in [0, 0.1) is 0 Å². The summed E-state index contributed by atoms with van der Waals surface area (Å²) < 4.78 is 27.3. The quantitative estimate of drug-likeness (QED) is 0.811. The lowest BCUT2D eigenvalue weighted by molar-refractivity contribution is 0.396. The molecule has 0 spiro atoms. The minimum Gasteiger partial charge on any atom is -0.207 e. The Balaban J connectivity index is 1.97. The molecule has 1 saturated heterocycles. The van der Waals surface area contributed by atoms with Gasteiger partial charge in [-0.1, -0.05) is 35.3 Å². The van der Waals surface area contributed by atoms with E-state index in [1.807, 2.05) is 18.2 Å². The van der Waals surface area contributed by atoms with Crippen molar-refractivity contribution < 1.29 is 8.42 Å². The van der Waals surface area contributed by atoms with Crippen molar-refractivity contribution in [1.82, 2.24) is 4.31 Å². The topological polar surface area (TPSA) is 37.4 Å². The first-order valence-corrected chi connectivity index (χ1v) is 9.21. The van der Waals surface area contributed by atoms with Gasteiger partial charge in [-0.2, -0.15) is 4.31 Å². The highest BCUT2D eigenvalue weighted by Crippen LogP contribution is 2.37. The molecule has 0 amide bonds. The number of hydrogen-bond acceptors (Lipinski definition) is 2. The van der Waals surface area contributed by atoms with Gasteiger partial charge in [-0.3, -0.25) is 0 Å². The van der Waals surface area contributed by atoms with Crippen LogP contribution in [0.1, 0.15) is 24.4 Å². The molecule has 0 N–H and O–H groups in total. The van der Waals surface area contributed by atoms with Gasteiger partial charge in [0.2, 0.25) is 10.0 Å². The average Bonchev–Trinajstić information content (AvgIpc) is 2.98. The second-order valence-electron chi connectivity index (χ2n) is 5.28. The van der Waals surface area contributed by atoms with Crippen LogP contribution in [0.5, 0.6) is 0 Å². The second kappa shape index (κ2) is 6.20. The molecule has 1 aliphatic heterocycles. The number of benzene rings is 2. The third-order valence-electron chi connectivity index (χ3n) is 3.86. The van der Waals surface area contributed by atoms with Crippen molar-refractivity contribution in [3.8, 4) is 0 Å². The predicted molar refractivity (Wildman–Crippen MR) is 88.8 cm³/mol. The highest BCUT2D eigenvalue weighted by Gasteiger charge is 2.36. The minimum atomic E-state index is -3.53. The zero-order chi connectivity index (χ0) is 15.7. The predicted octanol–water partition coefficient (Wildman–Crippen LogP) is 4.52. The van der Waals surface area contributed by atoms with E-state index in [2.05, 4.69) is 0 Å². The molecular weight excluding hydrogens is 341 g/mol. The summed E-state index contributed by atoms with van der Waals surface area (Å²) in [6.45, 7) is 0.516. The smallest absolute Gasteiger partial charge is 0.207 e. The van der Waals surface area contributed by atoms with Crippen LogP contribution in [0.2, 0.25) is 10.0 Å². The first-order valence-electron chi connectivity index (χ1n) is 7.01. The maximum Gasteiger partial charge on any atom is 0.243 e. The van der Waals surface area contributed by atoms with Crippen LogP contribution < -0.4 is 0 Å². The summed E-state index contributed by atoms with van der Waals surface area (Å²) in [4.78, 5) is 0.269. The largest absolute Gasteiger partial charge is 0.243 e. The van der Waals surface area contributed by atoms with Crippen molar-refractivity contribution in [3.05, 3.63) is 64.1 Å². The Morgan fingerprint density at radius 2 is 1.73 bits per heavy atom. The van der Waals surface area contributed by atoms with E-state index in [1.165, 1.54) is 0 Å². The van der Waals surface area contributed by atoms with Gasteiger partial charge in [-0.15, -0.1) is 0 Å². The summed E-state index contributed by atoms with van der Waals surface area (Å²) >= 11 is 11.9. The van der Waals surface area contributed by atoms with Crippen molar-refractivity contribution in [1.29, 1.82) is 0 Å². The van der Waals surface area contributed by atoms with E-state index in [1.54, 1.807) is 34.6 Å². The average molecular weight is 356 g/mol. The molecule has 2 aromatic rings. The highest BCUT2D eigenvalue weighted by molar-refractivity contribution is 7.89. The lowest BCUT2D eigenvalue weighted by atomic mass is 10.1. The molecule has 0 aliphatic carbocycles. The molecular formula is C16H15Cl2NO2S. The van der Waals surface area contributed by atoms with Gasteiger partial charge in [0, 0.05) is 16.6 Å². The fourth-order valence-electron chi connectivity index (χ4n) is 2.82. The summed E-state index contributed by atoms with van der Waals surface area (Å²) in [6, 6.07) is 13.5. The number of rotatable bonds is 3.